The van der Waals surface area contributed by atoms with Gasteiger partial charge in [-0.15, -0.1) is 0 Å². The lowest BCUT2D eigenvalue weighted by atomic mass is 9.75. The summed E-state index contributed by atoms with van der Waals surface area (Å²) in [5, 5.41) is 0. The maximum atomic E-state index is 5.37. The van der Waals surface area contributed by atoms with Gasteiger partial charge < -0.3 is 4.74 Å². The number of fused-ring (bicyclic) bond motifs is 3. The summed E-state index contributed by atoms with van der Waals surface area (Å²) in [4.78, 5) is 2.52. The maximum Gasteiger partial charge on any atom is 0.119 e. The summed E-state index contributed by atoms with van der Waals surface area (Å²) < 4.78 is 5.37. The van der Waals surface area contributed by atoms with Gasteiger partial charge >= 0.3 is 0 Å². The molecule has 2 nitrogen and oxygen atoms in total. The summed E-state index contributed by atoms with van der Waals surface area (Å²) in [6.07, 6.45) is 3.90. The van der Waals surface area contributed by atoms with Gasteiger partial charge in [-0.1, -0.05) is 13.0 Å². The van der Waals surface area contributed by atoms with Crippen LogP contribution in [0, 0.1) is 5.41 Å². The molecular weight excluding hydrogens is 210 g/mol. The van der Waals surface area contributed by atoms with Gasteiger partial charge in [0, 0.05) is 6.04 Å². The van der Waals surface area contributed by atoms with Gasteiger partial charge in [-0.3, -0.25) is 4.90 Å². The van der Waals surface area contributed by atoms with Gasteiger partial charge in [-0.05, 0) is 61.5 Å². The zero-order chi connectivity index (χ0) is 12.0. The van der Waals surface area contributed by atoms with Crippen molar-refractivity contribution in [1.29, 1.82) is 0 Å². The molecule has 92 valence electrons. The topological polar surface area (TPSA) is 12.5 Å². The van der Waals surface area contributed by atoms with E-state index in [0.717, 1.165) is 5.75 Å². The van der Waals surface area contributed by atoms with E-state index < -0.39 is 0 Å². The predicted octanol–water partition coefficient (Wildman–Crippen LogP) is 3.02. The Morgan fingerprint density at radius 2 is 2.24 bits per heavy atom. The normalized spacial score (nSPS) is 32.1. The fourth-order valence-corrected chi connectivity index (χ4v) is 3.88. The van der Waals surface area contributed by atoms with Crippen LogP contribution in [0.25, 0.3) is 0 Å². The summed E-state index contributed by atoms with van der Waals surface area (Å²) >= 11 is 0. The quantitative estimate of drug-likeness (QED) is 0.736. The zero-order valence-electron chi connectivity index (χ0n) is 11.0. The number of rotatable bonds is 1. The molecule has 0 spiro atoms. The second-order valence-corrected chi connectivity index (χ2v) is 5.88. The molecule has 1 heterocycles. The number of hydrogen-bond donors (Lipinski definition) is 0. The molecule has 2 heteroatoms. The molecule has 1 aromatic rings. The number of ether oxygens (including phenoxy) is 1. The van der Waals surface area contributed by atoms with E-state index in [1.165, 1.54) is 36.9 Å². The Hall–Kier alpha value is -1.02. The molecule has 2 aliphatic rings. The van der Waals surface area contributed by atoms with Crippen LogP contribution in [0.15, 0.2) is 18.2 Å². The highest BCUT2D eigenvalue weighted by molar-refractivity contribution is 5.43. The first-order chi connectivity index (χ1) is 8.14. The number of likely N-dealkylation sites (tertiary alicyclic amines) is 1. The molecule has 0 aromatic heterocycles. The summed E-state index contributed by atoms with van der Waals surface area (Å²) in [7, 11) is 4.01. The second-order valence-electron chi connectivity index (χ2n) is 5.88. The van der Waals surface area contributed by atoms with Crippen LogP contribution < -0.4 is 4.74 Å². The first-order valence-corrected chi connectivity index (χ1v) is 6.51. The van der Waals surface area contributed by atoms with E-state index in [-0.39, 0.29) is 0 Å². The molecule has 1 fully saturated rings. The van der Waals surface area contributed by atoms with E-state index in [1.807, 2.05) is 0 Å². The average molecular weight is 231 g/mol. The third-order valence-electron chi connectivity index (χ3n) is 4.60. The van der Waals surface area contributed by atoms with Gasteiger partial charge in [-0.25, -0.2) is 0 Å². The third-order valence-corrected chi connectivity index (χ3v) is 4.60. The largest absolute Gasteiger partial charge is 0.497 e. The van der Waals surface area contributed by atoms with Crippen LogP contribution in [-0.2, 0) is 6.42 Å². The molecule has 0 N–H and O–H groups in total. The lowest BCUT2D eigenvalue weighted by molar-refractivity contribution is 0.0589. The highest BCUT2D eigenvalue weighted by Gasteiger charge is 2.46. The number of benzene rings is 1. The van der Waals surface area contributed by atoms with Crippen molar-refractivity contribution in [1.82, 2.24) is 4.90 Å². The molecule has 1 aromatic carbocycles. The van der Waals surface area contributed by atoms with Gasteiger partial charge in [0.1, 0.15) is 5.75 Å². The first kappa shape index (κ1) is 11.1. The third kappa shape index (κ3) is 1.58. The monoisotopic (exact) mass is 231 g/mol. The first-order valence-electron chi connectivity index (χ1n) is 6.51. The number of nitrogens with zero attached hydrogens (tertiary/aromatic N) is 1. The second kappa shape index (κ2) is 3.74. The molecule has 3 rings (SSSR count). The van der Waals surface area contributed by atoms with Crippen molar-refractivity contribution >= 4 is 0 Å². The van der Waals surface area contributed by atoms with E-state index in [1.54, 1.807) is 7.11 Å². The fourth-order valence-electron chi connectivity index (χ4n) is 3.88. The Bertz CT molecular complexity index is 443. The summed E-state index contributed by atoms with van der Waals surface area (Å²) in [6, 6.07) is 7.18. The molecule has 0 amide bonds. The SMILES string of the molecule is COc1ccc2c(c1)C1N(C)CCCC1(C)C2. The minimum atomic E-state index is 0.432. The van der Waals surface area contributed by atoms with Crippen LogP contribution in [0.2, 0.25) is 0 Å². The summed E-state index contributed by atoms with van der Waals surface area (Å²) in [5.41, 5.74) is 3.45. The Morgan fingerprint density at radius 3 is 3.00 bits per heavy atom. The standard InChI is InChI=1S/C15H21NO/c1-15-7-4-8-16(2)14(15)13-9-12(17-3)6-5-11(13)10-15/h5-6,9,14H,4,7-8,10H2,1-3H3. The predicted molar refractivity (Wildman–Crippen MR) is 69.4 cm³/mol. The molecule has 2 unspecified atom stereocenters. The summed E-state index contributed by atoms with van der Waals surface area (Å²) in [6.45, 7) is 3.66. The van der Waals surface area contributed by atoms with E-state index in [0.29, 0.717) is 11.5 Å². The molecule has 0 saturated carbocycles. The van der Waals surface area contributed by atoms with E-state index in [4.69, 9.17) is 4.74 Å². The van der Waals surface area contributed by atoms with Crippen LogP contribution >= 0.6 is 0 Å². The van der Waals surface area contributed by atoms with Crippen molar-refractivity contribution < 1.29 is 4.74 Å². The number of hydrogen-bond acceptors (Lipinski definition) is 2. The molecule has 1 aliphatic heterocycles. The molecule has 17 heavy (non-hydrogen) atoms. The van der Waals surface area contributed by atoms with Gasteiger partial charge in [-0.2, -0.15) is 0 Å². The van der Waals surface area contributed by atoms with Crippen molar-refractivity contribution in [2.45, 2.75) is 32.2 Å². The molecular formula is C15H21NO. The zero-order valence-corrected chi connectivity index (χ0v) is 11.0. The van der Waals surface area contributed by atoms with Gasteiger partial charge in [0.05, 0.1) is 7.11 Å². The summed E-state index contributed by atoms with van der Waals surface area (Å²) in [5.74, 6) is 0.993. The molecule has 1 aliphatic carbocycles. The highest BCUT2D eigenvalue weighted by atomic mass is 16.5. The van der Waals surface area contributed by atoms with Crippen molar-refractivity contribution in [3.05, 3.63) is 29.3 Å². The van der Waals surface area contributed by atoms with Crippen LogP contribution in [0.5, 0.6) is 5.75 Å². The Kier molecular flexibility index (Phi) is 2.44. The lowest BCUT2D eigenvalue weighted by Crippen LogP contribution is -2.40. The maximum absolute atomic E-state index is 5.37. The molecule has 2 atom stereocenters. The van der Waals surface area contributed by atoms with Crippen LogP contribution in [0.3, 0.4) is 0 Å². The minimum Gasteiger partial charge on any atom is -0.497 e. The highest BCUT2D eigenvalue weighted by Crippen LogP contribution is 2.53. The van der Waals surface area contributed by atoms with Crippen molar-refractivity contribution in [2.75, 3.05) is 20.7 Å². The minimum absolute atomic E-state index is 0.432. The lowest BCUT2D eigenvalue weighted by Gasteiger charge is -2.43. The fraction of sp³-hybridized carbons (Fsp3) is 0.600. The van der Waals surface area contributed by atoms with Crippen molar-refractivity contribution in [2.24, 2.45) is 5.41 Å². The number of piperidine rings is 1. The van der Waals surface area contributed by atoms with Crippen LogP contribution in [0.1, 0.15) is 36.9 Å². The Labute approximate surface area is 104 Å². The molecule has 0 radical (unpaired) electrons. The van der Waals surface area contributed by atoms with E-state index in [9.17, 15) is 0 Å². The average Bonchev–Trinajstić information content (AvgIpc) is 2.61. The van der Waals surface area contributed by atoms with Gasteiger partial charge in [0.15, 0.2) is 0 Å². The Balaban J connectivity index is 2.07. The molecule has 1 saturated heterocycles. The van der Waals surface area contributed by atoms with Crippen LogP contribution in [0.4, 0.5) is 0 Å². The van der Waals surface area contributed by atoms with Gasteiger partial charge in [0.2, 0.25) is 0 Å². The Morgan fingerprint density at radius 1 is 1.41 bits per heavy atom. The van der Waals surface area contributed by atoms with E-state index >= 15 is 0 Å². The number of methoxy groups -OCH3 is 1. The van der Waals surface area contributed by atoms with Gasteiger partial charge in [0.25, 0.3) is 0 Å². The van der Waals surface area contributed by atoms with Crippen molar-refractivity contribution in [3.8, 4) is 5.75 Å². The van der Waals surface area contributed by atoms with Crippen molar-refractivity contribution in [3.63, 3.8) is 0 Å². The van der Waals surface area contributed by atoms with Crippen LogP contribution in [-0.4, -0.2) is 25.6 Å². The molecule has 0 bridgehead atoms. The van der Waals surface area contributed by atoms with E-state index in [2.05, 4.69) is 37.1 Å². The smallest absolute Gasteiger partial charge is 0.119 e.